The van der Waals surface area contributed by atoms with E-state index >= 15 is 0 Å². The molecule has 0 aliphatic carbocycles. The predicted octanol–water partition coefficient (Wildman–Crippen LogP) is 3.11. The van der Waals surface area contributed by atoms with Gasteiger partial charge in [0.1, 0.15) is 5.75 Å². The fraction of sp³-hybridized carbons (Fsp3) is 0.353. The minimum atomic E-state index is -0.0477. The highest BCUT2D eigenvalue weighted by atomic mass is 32.1. The van der Waals surface area contributed by atoms with Crippen LogP contribution in [0.2, 0.25) is 0 Å². The monoisotopic (exact) mass is 331 g/mol. The van der Waals surface area contributed by atoms with Crippen LogP contribution in [0.4, 0.5) is 10.5 Å². The van der Waals surface area contributed by atoms with Gasteiger partial charge in [-0.15, -0.1) is 0 Å². The summed E-state index contributed by atoms with van der Waals surface area (Å²) in [7, 11) is 1.62. The highest BCUT2D eigenvalue weighted by molar-refractivity contribution is 7.07. The minimum Gasteiger partial charge on any atom is -0.497 e. The third-order valence-corrected chi connectivity index (χ3v) is 4.70. The van der Waals surface area contributed by atoms with Crippen molar-refractivity contribution in [3.63, 3.8) is 0 Å². The maximum Gasteiger partial charge on any atom is 0.321 e. The number of piperazine rings is 1. The lowest BCUT2D eigenvalue weighted by molar-refractivity contribution is 0.143. The van der Waals surface area contributed by atoms with Crippen LogP contribution in [0.1, 0.15) is 5.56 Å². The van der Waals surface area contributed by atoms with E-state index < -0.39 is 0 Å². The Bertz CT molecular complexity index is 637. The van der Waals surface area contributed by atoms with E-state index in [4.69, 9.17) is 4.74 Å². The van der Waals surface area contributed by atoms with Gasteiger partial charge in [0, 0.05) is 44.5 Å². The number of benzene rings is 1. The highest BCUT2D eigenvalue weighted by Gasteiger charge is 2.21. The Morgan fingerprint density at radius 3 is 2.78 bits per heavy atom. The van der Waals surface area contributed by atoms with Crippen molar-refractivity contribution in [1.29, 1.82) is 0 Å². The lowest BCUT2D eigenvalue weighted by atomic mass is 10.2. The van der Waals surface area contributed by atoms with Crippen molar-refractivity contribution in [2.75, 3.05) is 38.6 Å². The summed E-state index contributed by atoms with van der Waals surface area (Å²) >= 11 is 1.73. The molecular formula is C17H21N3O2S. The first-order chi connectivity index (χ1) is 11.2. The lowest BCUT2D eigenvalue weighted by Crippen LogP contribution is -2.49. The quantitative estimate of drug-likeness (QED) is 0.936. The third kappa shape index (κ3) is 4.24. The van der Waals surface area contributed by atoms with E-state index in [1.807, 2.05) is 29.2 Å². The largest absolute Gasteiger partial charge is 0.497 e. The van der Waals surface area contributed by atoms with E-state index in [0.717, 1.165) is 44.2 Å². The van der Waals surface area contributed by atoms with Gasteiger partial charge in [-0.3, -0.25) is 4.90 Å². The summed E-state index contributed by atoms with van der Waals surface area (Å²) in [5, 5.41) is 7.22. The van der Waals surface area contributed by atoms with Crippen LogP contribution in [0.5, 0.6) is 5.75 Å². The molecule has 0 atom stereocenters. The molecule has 1 aliphatic rings. The molecule has 1 aromatic carbocycles. The minimum absolute atomic E-state index is 0.0477. The molecule has 0 unspecified atom stereocenters. The van der Waals surface area contributed by atoms with Crippen LogP contribution in [0.15, 0.2) is 41.1 Å². The van der Waals surface area contributed by atoms with Crippen molar-refractivity contribution in [2.45, 2.75) is 6.54 Å². The molecule has 23 heavy (non-hydrogen) atoms. The van der Waals surface area contributed by atoms with Gasteiger partial charge in [0.2, 0.25) is 0 Å². The highest BCUT2D eigenvalue weighted by Crippen LogP contribution is 2.18. The first-order valence-corrected chi connectivity index (χ1v) is 8.62. The summed E-state index contributed by atoms with van der Waals surface area (Å²) in [4.78, 5) is 16.6. The Labute approximate surface area is 140 Å². The van der Waals surface area contributed by atoms with Gasteiger partial charge in [-0.1, -0.05) is 6.07 Å². The van der Waals surface area contributed by atoms with Gasteiger partial charge < -0.3 is 15.0 Å². The molecule has 0 bridgehead atoms. The number of carbonyl (C=O) groups is 1. The Kier molecular flexibility index (Phi) is 5.15. The summed E-state index contributed by atoms with van der Waals surface area (Å²) in [5.74, 6) is 0.739. The number of rotatable bonds is 4. The smallest absolute Gasteiger partial charge is 0.321 e. The fourth-order valence-electron chi connectivity index (χ4n) is 2.65. The van der Waals surface area contributed by atoms with Crippen molar-refractivity contribution < 1.29 is 9.53 Å². The molecule has 1 fully saturated rings. The molecule has 2 heterocycles. The van der Waals surface area contributed by atoms with Crippen molar-refractivity contribution >= 4 is 23.1 Å². The van der Waals surface area contributed by atoms with E-state index in [1.54, 1.807) is 18.4 Å². The number of hydrogen-bond donors (Lipinski definition) is 1. The van der Waals surface area contributed by atoms with Crippen molar-refractivity contribution in [1.82, 2.24) is 9.80 Å². The number of urea groups is 1. The van der Waals surface area contributed by atoms with E-state index in [-0.39, 0.29) is 6.03 Å². The van der Waals surface area contributed by atoms with Gasteiger partial charge in [-0.2, -0.15) is 11.3 Å². The average Bonchev–Trinajstić information content (AvgIpc) is 3.08. The standard InChI is InChI=1S/C17H21N3O2S/c1-22-16-4-2-3-15(11-16)18-17(21)20-8-6-19(7-9-20)12-14-5-10-23-13-14/h2-5,10-11,13H,6-9,12H2,1H3,(H,18,21). The predicted molar refractivity (Wildman–Crippen MR) is 93.2 cm³/mol. The number of ether oxygens (including phenoxy) is 1. The van der Waals surface area contributed by atoms with Crippen LogP contribution in [-0.4, -0.2) is 49.1 Å². The van der Waals surface area contributed by atoms with Gasteiger partial charge in [-0.05, 0) is 34.5 Å². The second-order valence-corrected chi connectivity index (χ2v) is 6.34. The summed E-state index contributed by atoms with van der Waals surface area (Å²) < 4.78 is 5.18. The zero-order valence-electron chi connectivity index (χ0n) is 13.2. The molecule has 1 saturated heterocycles. The summed E-state index contributed by atoms with van der Waals surface area (Å²) in [6.07, 6.45) is 0. The molecule has 1 aromatic heterocycles. The zero-order chi connectivity index (χ0) is 16.1. The molecule has 0 spiro atoms. The number of carbonyl (C=O) groups excluding carboxylic acids is 1. The molecule has 6 heteroatoms. The second-order valence-electron chi connectivity index (χ2n) is 5.56. The number of hydrogen-bond acceptors (Lipinski definition) is 4. The first-order valence-electron chi connectivity index (χ1n) is 7.68. The van der Waals surface area contributed by atoms with Crippen LogP contribution >= 0.6 is 11.3 Å². The molecule has 5 nitrogen and oxygen atoms in total. The third-order valence-electron chi connectivity index (χ3n) is 3.97. The van der Waals surface area contributed by atoms with Crippen LogP contribution in [-0.2, 0) is 6.54 Å². The number of amides is 2. The van der Waals surface area contributed by atoms with Crippen molar-refractivity contribution in [3.8, 4) is 5.75 Å². The summed E-state index contributed by atoms with van der Waals surface area (Å²) in [5.41, 5.74) is 2.11. The Hall–Kier alpha value is -2.05. The lowest BCUT2D eigenvalue weighted by Gasteiger charge is -2.34. The van der Waals surface area contributed by atoms with Gasteiger partial charge in [0.15, 0.2) is 0 Å². The van der Waals surface area contributed by atoms with Gasteiger partial charge in [0.25, 0.3) is 0 Å². The number of nitrogens with one attached hydrogen (secondary N) is 1. The normalized spacial score (nSPS) is 15.4. The molecule has 3 rings (SSSR count). The van der Waals surface area contributed by atoms with E-state index in [1.165, 1.54) is 5.56 Å². The molecule has 1 N–H and O–H groups in total. The van der Waals surface area contributed by atoms with Gasteiger partial charge in [-0.25, -0.2) is 4.79 Å². The Balaban J connectivity index is 1.49. The molecule has 0 radical (unpaired) electrons. The van der Waals surface area contributed by atoms with Crippen molar-refractivity contribution in [3.05, 3.63) is 46.7 Å². The molecule has 2 amide bonds. The molecule has 2 aromatic rings. The van der Waals surface area contributed by atoms with Gasteiger partial charge >= 0.3 is 6.03 Å². The molecule has 0 saturated carbocycles. The van der Waals surface area contributed by atoms with E-state index in [2.05, 4.69) is 27.0 Å². The molecule has 122 valence electrons. The van der Waals surface area contributed by atoms with Crippen LogP contribution in [0, 0.1) is 0 Å². The van der Waals surface area contributed by atoms with Crippen molar-refractivity contribution in [2.24, 2.45) is 0 Å². The van der Waals surface area contributed by atoms with Crippen LogP contribution in [0.3, 0.4) is 0 Å². The van der Waals surface area contributed by atoms with Crippen LogP contribution < -0.4 is 10.1 Å². The Morgan fingerprint density at radius 2 is 2.09 bits per heavy atom. The topological polar surface area (TPSA) is 44.8 Å². The average molecular weight is 331 g/mol. The fourth-order valence-corrected chi connectivity index (χ4v) is 3.31. The van der Waals surface area contributed by atoms with Crippen LogP contribution in [0.25, 0.3) is 0 Å². The molecule has 1 aliphatic heterocycles. The number of anilines is 1. The second kappa shape index (κ2) is 7.48. The summed E-state index contributed by atoms with van der Waals surface area (Å²) in [6.45, 7) is 4.28. The number of methoxy groups -OCH3 is 1. The number of nitrogens with zero attached hydrogens (tertiary/aromatic N) is 2. The number of thiophene rings is 1. The SMILES string of the molecule is COc1cccc(NC(=O)N2CCN(Cc3ccsc3)CC2)c1. The molecular weight excluding hydrogens is 310 g/mol. The first kappa shape index (κ1) is 15.8. The zero-order valence-corrected chi connectivity index (χ0v) is 14.0. The maximum absolute atomic E-state index is 12.3. The van der Waals surface area contributed by atoms with Gasteiger partial charge in [0.05, 0.1) is 7.11 Å². The van der Waals surface area contributed by atoms with E-state index in [9.17, 15) is 4.79 Å². The maximum atomic E-state index is 12.3. The van der Waals surface area contributed by atoms with E-state index in [0.29, 0.717) is 0 Å². The summed E-state index contributed by atoms with van der Waals surface area (Å²) in [6, 6.07) is 9.53. The Morgan fingerprint density at radius 1 is 1.26 bits per heavy atom.